The van der Waals surface area contributed by atoms with E-state index in [9.17, 15) is 9.18 Å². The van der Waals surface area contributed by atoms with Crippen molar-refractivity contribution >= 4 is 11.7 Å². The fourth-order valence-corrected chi connectivity index (χ4v) is 3.02. The van der Waals surface area contributed by atoms with Gasteiger partial charge in [0.2, 0.25) is 0 Å². The van der Waals surface area contributed by atoms with Crippen molar-refractivity contribution in [3.63, 3.8) is 0 Å². The number of nitrogens with zero attached hydrogens (tertiary/aromatic N) is 3. The molecule has 1 aromatic heterocycles. The predicted molar refractivity (Wildman–Crippen MR) is 94.4 cm³/mol. The van der Waals surface area contributed by atoms with E-state index >= 15 is 0 Å². The van der Waals surface area contributed by atoms with E-state index in [1.54, 1.807) is 36.3 Å². The molecule has 0 radical (unpaired) electrons. The Hall–Kier alpha value is -2.63. The van der Waals surface area contributed by atoms with Gasteiger partial charge in [0, 0.05) is 32.9 Å². The topological polar surface area (TPSA) is 45.7 Å². The zero-order valence-electron chi connectivity index (χ0n) is 14.5. The van der Waals surface area contributed by atoms with Gasteiger partial charge in [0.15, 0.2) is 11.6 Å². The molecule has 25 heavy (non-hydrogen) atoms. The van der Waals surface area contributed by atoms with Gasteiger partial charge in [-0.25, -0.2) is 9.37 Å². The van der Waals surface area contributed by atoms with Crippen molar-refractivity contribution in [2.45, 2.75) is 19.4 Å². The molecular weight excluding hydrogens is 321 g/mol. The third-order valence-corrected chi connectivity index (χ3v) is 4.41. The molecular formula is C19H22FN3O2. The monoisotopic (exact) mass is 343 g/mol. The first-order chi connectivity index (χ1) is 12.1. The van der Waals surface area contributed by atoms with Gasteiger partial charge in [0.05, 0.1) is 12.7 Å². The first-order valence-corrected chi connectivity index (χ1v) is 8.37. The second-order valence-electron chi connectivity index (χ2n) is 6.23. The molecule has 2 heterocycles. The normalized spacial score (nSPS) is 13.8. The maximum Gasteiger partial charge on any atom is 0.255 e. The van der Waals surface area contributed by atoms with Crippen molar-refractivity contribution in [3.05, 3.63) is 53.5 Å². The van der Waals surface area contributed by atoms with Crippen molar-refractivity contribution in [2.75, 3.05) is 32.1 Å². The lowest BCUT2D eigenvalue weighted by Gasteiger charge is -2.19. The molecule has 0 N–H and O–H groups in total. The number of benzene rings is 1. The summed E-state index contributed by atoms with van der Waals surface area (Å²) in [6.07, 6.45) is 3.98. The second-order valence-corrected chi connectivity index (χ2v) is 6.23. The number of anilines is 1. The lowest BCUT2D eigenvalue weighted by molar-refractivity contribution is 0.0784. The largest absolute Gasteiger partial charge is 0.494 e. The Labute approximate surface area is 147 Å². The van der Waals surface area contributed by atoms with Crippen LogP contribution < -0.4 is 9.64 Å². The number of methoxy groups -OCH3 is 1. The van der Waals surface area contributed by atoms with Gasteiger partial charge < -0.3 is 14.5 Å². The highest BCUT2D eigenvalue weighted by molar-refractivity contribution is 5.93. The van der Waals surface area contributed by atoms with Crippen molar-refractivity contribution in [2.24, 2.45) is 0 Å². The number of aromatic nitrogens is 1. The molecule has 1 aliphatic heterocycles. The van der Waals surface area contributed by atoms with E-state index in [2.05, 4.69) is 9.88 Å². The molecule has 0 atom stereocenters. The lowest BCUT2D eigenvalue weighted by atomic mass is 10.2. The van der Waals surface area contributed by atoms with Gasteiger partial charge in [-0.3, -0.25) is 4.79 Å². The van der Waals surface area contributed by atoms with Crippen molar-refractivity contribution in [3.8, 4) is 5.75 Å². The summed E-state index contributed by atoms with van der Waals surface area (Å²) in [6.45, 7) is 2.35. The quantitative estimate of drug-likeness (QED) is 0.837. The molecule has 1 aliphatic rings. The van der Waals surface area contributed by atoms with Crippen LogP contribution in [-0.2, 0) is 6.54 Å². The van der Waals surface area contributed by atoms with Gasteiger partial charge in [-0.2, -0.15) is 0 Å². The van der Waals surface area contributed by atoms with Gasteiger partial charge in [0.1, 0.15) is 5.82 Å². The van der Waals surface area contributed by atoms with Crippen LogP contribution in [0.5, 0.6) is 5.75 Å². The number of hydrogen-bond donors (Lipinski definition) is 0. The number of amides is 1. The molecule has 0 bridgehead atoms. The highest BCUT2D eigenvalue weighted by atomic mass is 19.1. The van der Waals surface area contributed by atoms with Crippen molar-refractivity contribution in [1.29, 1.82) is 0 Å². The average molecular weight is 343 g/mol. The second kappa shape index (κ2) is 7.51. The first-order valence-electron chi connectivity index (χ1n) is 8.37. The molecule has 1 saturated heterocycles. The SMILES string of the molecule is COc1ccc(CN(C)C(=O)c2ccc(N3CCCC3)nc2)cc1F. The molecule has 0 aliphatic carbocycles. The molecule has 5 nitrogen and oxygen atoms in total. The maximum atomic E-state index is 13.8. The van der Waals surface area contributed by atoms with Gasteiger partial charge >= 0.3 is 0 Å². The highest BCUT2D eigenvalue weighted by Gasteiger charge is 2.16. The minimum Gasteiger partial charge on any atom is -0.494 e. The van der Waals surface area contributed by atoms with Gasteiger partial charge in [0.25, 0.3) is 5.91 Å². The number of carbonyl (C=O) groups excluding carboxylic acids is 1. The maximum absolute atomic E-state index is 13.8. The van der Waals surface area contributed by atoms with Gasteiger partial charge in [-0.1, -0.05) is 6.07 Å². The minimum absolute atomic E-state index is 0.142. The molecule has 1 fully saturated rings. The van der Waals surface area contributed by atoms with Crippen molar-refractivity contribution < 1.29 is 13.9 Å². The van der Waals surface area contributed by atoms with E-state index in [4.69, 9.17) is 4.74 Å². The Balaban J connectivity index is 1.66. The number of carbonyl (C=O) groups is 1. The van der Waals surface area contributed by atoms with Crippen LogP contribution >= 0.6 is 0 Å². The third kappa shape index (κ3) is 3.90. The van der Waals surface area contributed by atoms with Crippen LogP contribution in [0.3, 0.4) is 0 Å². The summed E-state index contributed by atoms with van der Waals surface area (Å²) in [7, 11) is 3.12. The zero-order chi connectivity index (χ0) is 17.8. The van der Waals surface area contributed by atoms with E-state index in [1.165, 1.54) is 26.0 Å². The molecule has 1 aromatic carbocycles. The van der Waals surface area contributed by atoms with Gasteiger partial charge in [-0.05, 0) is 42.7 Å². The summed E-state index contributed by atoms with van der Waals surface area (Å²) in [5.41, 5.74) is 1.23. The summed E-state index contributed by atoms with van der Waals surface area (Å²) in [6, 6.07) is 8.39. The Bertz CT molecular complexity index is 743. The van der Waals surface area contributed by atoms with E-state index < -0.39 is 5.82 Å². The lowest BCUT2D eigenvalue weighted by Crippen LogP contribution is -2.26. The fourth-order valence-electron chi connectivity index (χ4n) is 3.02. The predicted octanol–water partition coefficient (Wildman–Crippen LogP) is 3.10. The molecule has 0 unspecified atom stereocenters. The molecule has 1 amide bonds. The van der Waals surface area contributed by atoms with Crippen LogP contribution in [0.15, 0.2) is 36.5 Å². The Morgan fingerprint density at radius 3 is 2.64 bits per heavy atom. The van der Waals surface area contributed by atoms with Crippen LogP contribution in [0.2, 0.25) is 0 Å². The van der Waals surface area contributed by atoms with Crippen LogP contribution in [0, 0.1) is 5.82 Å². The smallest absolute Gasteiger partial charge is 0.255 e. The van der Waals surface area contributed by atoms with Crippen LogP contribution in [0.1, 0.15) is 28.8 Å². The van der Waals surface area contributed by atoms with Crippen LogP contribution in [0.4, 0.5) is 10.2 Å². The molecule has 3 rings (SSSR count). The number of rotatable bonds is 5. The summed E-state index contributed by atoms with van der Waals surface area (Å²) in [5.74, 6) is 0.530. The molecule has 0 saturated carbocycles. The van der Waals surface area contributed by atoms with E-state index in [0.29, 0.717) is 17.7 Å². The number of halogens is 1. The number of pyridine rings is 1. The Kier molecular flexibility index (Phi) is 5.16. The third-order valence-electron chi connectivity index (χ3n) is 4.41. The van der Waals surface area contributed by atoms with E-state index in [0.717, 1.165) is 18.9 Å². The summed E-state index contributed by atoms with van der Waals surface area (Å²) >= 11 is 0. The standard InChI is InChI=1S/C19H22FN3O2/c1-22(13-14-5-7-17(25-2)16(20)11-14)19(24)15-6-8-18(21-12-15)23-9-3-4-10-23/h5-8,11-12H,3-4,9-10,13H2,1-2H3. The first kappa shape index (κ1) is 17.2. The van der Waals surface area contributed by atoms with Gasteiger partial charge in [-0.15, -0.1) is 0 Å². The van der Waals surface area contributed by atoms with Crippen LogP contribution in [-0.4, -0.2) is 43.0 Å². The Morgan fingerprint density at radius 1 is 1.28 bits per heavy atom. The highest BCUT2D eigenvalue weighted by Crippen LogP contribution is 2.20. The summed E-state index contributed by atoms with van der Waals surface area (Å²) < 4.78 is 18.7. The molecule has 6 heteroatoms. The van der Waals surface area contributed by atoms with E-state index in [1.807, 2.05) is 6.07 Å². The van der Waals surface area contributed by atoms with Crippen molar-refractivity contribution in [1.82, 2.24) is 9.88 Å². The number of ether oxygens (including phenoxy) is 1. The van der Waals surface area contributed by atoms with E-state index in [-0.39, 0.29) is 11.7 Å². The molecule has 0 spiro atoms. The Morgan fingerprint density at radius 2 is 2.04 bits per heavy atom. The van der Waals surface area contributed by atoms with Crippen LogP contribution in [0.25, 0.3) is 0 Å². The summed E-state index contributed by atoms with van der Waals surface area (Å²) in [4.78, 5) is 20.7. The summed E-state index contributed by atoms with van der Waals surface area (Å²) in [5, 5.41) is 0. The fraction of sp³-hybridized carbons (Fsp3) is 0.368. The number of hydrogen-bond acceptors (Lipinski definition) is 4. The average Bonchev–Trinajstić information content (AvgIpc) is 3.16. The molecule has 132 valence electrons. The minimum atomic E-state index is -0.433. The zero-order valence-corrected chi connectivity index (χ0v) is 14.5. The molecule has 2 aromatic rings.